The Morgan fingerprint density at radius 2 is 2.15 bits per heavy atom. The van der Waals surface area contributed by atoms with Gasteiger partial charge in [-0.2, -0.15) is 5.10 Å². The standard InChI is InChI=1S/C14H19N5O/c1-9-6-7-19-13(17-9)12(8-16-19)14(20)18-11-4-2-10(15)3-5-11/h6-8,10-11H,2-5,15H2,1H3,(H,18,20). The number of aryl methyl sites for hydroxylation is 1. The molecule has 2 aromatic heterocycles. The number of nitrogens with one attached hydrogen (secondary N) is 1. The van der Waals surface area contributed by atoms with Crippen molar-refractivity contribution in [2.75, 3.05) is 0 Å². The molecule has 0 spiro atoms. The van der Waals surface area contributed by atoms with Crippen LogP contribution in [0.5, 0.6) is 0 Å². The Balaban J connectivity index is 1.77. The lowest BCUT2D eigenvalue weighted by Gasteiger charge is -2.26. The van der Waals surface area contributed by atoms with E-state index in [1.54, 1.807) is 10.7 Å². The summed E-state index contributed by atoms with van der Waals surface area (Å²) in [5.74, 6) is -0.0985. The normalized spacial score (nSPS) is 22.9. The third kappa shape index (κ3) is 2.51. The van der Waals surface area contributed by atoms with E-state index < -0.39 is 0 Å². The number of fused-ring (bicyclic) bond motifs is 1. The van der Waals surface area contributed by atoms with Crippen LogP contribution in [0.15, 0.2) is 18.5 Å². The number of amides is 1. The number of hydrogen-bond donors (Lipinski definition) is 2. The molecule has 1 amide bonds. The Morgan fingerprint density at radius 3 is 2.90 bits per heavy atom. The fraction of sp³-hybridized carbons (Fsp3) is 0.500. The van der Waals surface area contributed by atoms with Crippen molar-refractivity contribution in [3.63, 3.8) is 0 Å². The first kappa shape index (κ1) is 13.1. The number of nitrogens with two attached hydrogens (primary N) is 1. The van der Waals surface area contributed by atoms with E-state index in [9.17, 15) is 4.79 Å². The molecule has 2 aromatic rings. The van der Waals surface area contributed by atoms with Crippen LogP contribution in [0.2, 0.25) is 0 Å². The monoisotopic (exact) mass is 273 g/mol. The maximum atomic E-state index is 12.3. The zero-order valence-electron chi connectivity index (χ0n) is 11.5. The van der Waals surface area contributed by atoms with Crippen LogP contribution in [0.25, 0.3) is 5.65 Å². The van der Waals surface area contributed by atoms with Gasteiger partial charge < -0.3 is 11.1 Å². The fourth-order valence-electron chi connectivity index (χ4n) is 2.65. The number of carbonyl (C=O) groups is 1. The second-order valence-electron chi connectivity index (χ2n) is 5.48. The summed E-state index contributed by atoms with van der Waals surface area (Å²) in [6.07, 6.45) is 7.21. The van der Waals surface area contributed by atoms with Crippen LogP contribution in [-0.4, -0.2) is 32.6 Å². The van der Waals surface area contributed by atoms with E-state index in [-0.39, 0.29) is 18.0 Å². The summed E-state index contributed by atoms with van der Waals surface area (Å²) in [6.45, 7) is 1.90. The molecule has 0 saturated heterocycles. The lowest BCUT2D eigenvalue weighted by molar-refractivity contribution is 0.0927. The first-order valence-corrected chi connectivity index (χ1v) is 7.01. The van der Waals surface area contributed by atoms with E-state index in [1.165, 1.54) is 0 Å². The first-order chi connectivity index (χ1) is 9.63. The molecule has 1 saturated carbocycles. The van der Waals surface area contributed by atoms with Gasteiger partial charge in [-0.25, -0.2) is 9.50 Å². The molecule has 20 heavy (non-hydrogen) atoms. The molecule has 0 atom stereocenters. The highest BCUT2D eigenvalue weighted by Gasteiger charge is 2.22. The molecule has 3 rings (SSSR count). The first-order valence-electron chi connectivity index (χ1n) is 7.01. The highest BCUT2D eigenvalue weighted by atomic mass is 16.1. The van der Waals surface area contributed by atoms with Crippen molar-refractivity contribution >= 4 is 11.6 Å². The van der Waals surface area contributed by atoms with Crippen LogP contribution < -0.4 is 11.1 Å². The molecule has 0 unspecified atom stereocenters. The quantitative estimate of drug-likeness (QED) is 0.856. The average molecular weight is 273 g/mol. The van der Waals surface area contributed by atoms with E-state index in [0.29, 0.717) is 11.2 Å². The molecular formula is C14H19N5O. The summed E-state index contributed by atoms with van der Waals surface area (Å²) in [5, 5.41) is 7.22. The molecule has 106 valence electrons. The van der Waals surface area contributed by atoms with Gasteiger partial charge in [-0.3, -0.25) is 4.79 Å². The van der Waals surface area contributed by atoms with Crippen molar-refractivity contribution < 1.29 is 4.79 Å². The number of aromatic nitrogens is 3. The molecule has 6 nitrogen and oxygen atoms in total. The fourth-order valence-corrected chi connectivity index (χ4v) is 2.65. The largest absolute Gasteiger partial charge is 0.349 e. The summed E-state index contributed by atoms with van der Waals surface area (Å²) >= 11 is 0. The lowest BCUT2D eigenvalue weighted by atomic mass is 9.92. The van der Waals surface area contributed by atoms with Crippen molar-refractivity contribution in [1.29, 1.82) is 0 Å². The van der Waals surface area contributed by atoms with E-state index in [2.05, 4.69) is 15.4 Å². The van der Waals surface area contributed by atoms with Crippen LogP contribution in [-0.2, 0) is 0 Å². The second-order valence-corrected chi connectivity index (χ2v) is 5.48. The van der Waals surface area contributed by atoms with Crippen molar-refractivity contribution in [3.05, 3.63) is 29.7 Å². The van der Waals surface area contributed by atoms with Crippen LogP contribution >= 0.6 is 0 Å². The topological polar surface area (TPSA) is 85.3 Å². The van der Waals surface area contributed by atoms with E-state index >= 15 is 0 Å². The Hall–Kier alpha value is -1.95. The lowest BCUT2D eigenvalue weighted by Crippen LogP contribution is -2.40. The highest BCUT2D eigenvalue weighted by molar-refractivity contribution is 5.99. The van der Waals surface area contributed by atoms with Gasteiger partial charge in [0, 0.05) is 24.0 Å². The Morgan fingerprint density at radius 1 is 1.40 bits per heavy atom. The van der Waals surface area contributed by atoms with Gasteiger partial charge in [0.2, 0.25) is 0 Å². The summed E-state index contributed by atoms with van der Waals surface area (Å²) in [7, 11) is 0. The van der Waals surface area contributed by atoms with Crippen molar-refractivity contribution in [2.45, 2.75) is 44.7 Å². The number of rotatable bonds is 2. The maximum Gasteiger partial charge on any atom is 0.256 e. The van der Waals surface area contributed by atoms with Crippen molar-refractivity contribution in [1.82, 2.24) is 19.9 Å². The zero-order valence-corrected chi connectivity index (χ0v) is 11.5. The predicted molar refractivity (Wildman–Crippen MR) is 75.4 cm³/mol. The molecular weight excluding hydrogens is 254 g/mol. The number of nitrogens with zero attached hydrogens (tertiary/aromatic N) is 3. The minimum atomic E-state index is -0.0985. The van der Waals surface area contributed by atoms with Gasteiger partial charge in [0.25, 0.3) is 5.91 Å². The molecule has 1 aliphatic carbocycles. The average Bonchev–Trinajstić information content (AvgIpc) is 2.84. The SMILES string of the molecule is Cc1ccn2ncc(C(=O)NC3CCC(N)CC3)c2n1. The minimum Gasteiger partial charge on any atom is -0.349 e. The Kier molecular flexibility index (Phi) is 3.40. The number of carbonyl (C=O) groups excluding carboxylic acids is 1. The number of hydrogen-bond acceptors (Lipinski definition) is 4. The smallest absolute Gasteiger partial charge is 0.256 e. The van der Waals surface area contributed by atoms with Gasteiger partial charge in [-0.1, -0.05) is 0 Å². The summed E-state index contributed by atoms with van der Waals surface area (Å²) in [4.78, 5) is 16.7. The van der Waals surface area contributed by atoms with Gasteiger partial charge in [0.1, 0.15) is 5.56 Å². The van der Waals surface area contributed by atoms with Crippen LogP contribution in [0.4, 0.5) is 0 Å². The molecule has 2 heterocycles. The second kappa shape index (κ2) is 5.20. The van der Waals surface area contributed by atoms with Gasteiger partial charge in [-0.15, -0.1) is 0 Å². The van der Waals surface area contributed by atoms with Gasteiger partial charge in [0.05, 0.1) is 6.20 Å². The van der Waals surface area contributed by atoms with Gasteiger partial charge in [-0.05, 0) is 38.7 Å². The molecule has 0 aliphatic heterocycles. The van der Waals surface area contributed by atoms with E-state index in [4.69, 9.17) is 5.73 Å². The predicted octanol–water partition coefficient (Wildman–Crippen LogP) is 1.04. The van der Waals surface area contributed by atoms with Crippen LogP contribution in [0.1, 0.15) is 41.7 Å². The highest BCUT2D eigenvalue weighted by Crippen LogP contribution is 2.18. The Bertz CT molecular complexity index is 628. The molecule has 0 radical (unpaired) electrons. The molecule has 0 bridgehead atoms. The minimum absolute atomic E-state index is 0.0985. The van der Waals surface area contributed by atoms with Crippen LogP contribution in [0.3, 0.4) is 0 Å². The zero-order chi connectivity index (χ0) is 14.1. The third-order valence-corrected chi connectivity index (χ3v) is 3.86. The molecule has 6 heteroatoms. The van der Waals surface area contributed by atoms with Crippen molar-refractivity contribution in [3.8, 4) is 0 Å². The third-order valence-electron chi connectivity index (χ3n) is 3.86. The van der Waals surface area contributed by atoms with E-state index in [0.717, 1.165) is 31.4 Å². The molecule has 3 N–H and O–H groups in total. The summed E-state index contributed by atoms with van der Waals surface area (Å²) in [6, 6.07) is 2.36. The molecule has 0 aromatic carbocycles. The van der Waals surface area contributed by atoms with Gasteiger partial charge >= 0.3 is 0 Å². The van der Waals surface area contributed by atoms with E-state index in [1.807, 2.05) is 19.2 Å². The maximum absolute atomic E-state index is 12.3. The molecule has 1 fully saturated rings. The summed E-state index contributed by atoms with van der Waals surface area (Å²) < 4.78 is 1.62. The Labute approximate surface area is 117 Å². The molecule has 1 aliphatic rings. The van der Waals surface area contributed by atoms with Crippen molar-refractivity contribution in [2.24, 2.45) is 5.73 Å². The summed E-state index contributed by atoms with van der Waals surface area (Å²) in [5.41, 5.74) is 7.89. The van der Waals surface area contributed by atoms with Crippen LogP contribution in [0, 0.1) is 6.92 Å². The van der Waals surface area contributed by atoms with Gasteiger partial charge in [0.15, 0.2) is 5.65 Å².